The number of carbonyl (C=O) groups excluding carboxylic acids is 4. The Balaban J connectivity index is 3.14. The number of carbonyl (C=O) groups is 5. The van der Waals surface area contributed by atoms with E-state index in [4.69, 9.17) is 11.5 Å². The molecule has 0 saturated carbocycles. The Morgan fingerprint density at radius 3 is 2.06 bits per heavy atom. The second-order valence-corrected chi connectivity index (χ2v) is 7.97. The van der Waals surface area contributed by atoms with Crippen LogP contribution in [0.4, 0.5) is 0 Å². The van der Waals surface area contributed by atoms with E-state index in [2.05, 4.69) is 16.0 Å². The summed E-state index contributed by atoms with van der Waals surface area (Å²) in [6.07, 6.45) is 0.0375. The van der Waals surface area contributed by atoms with Gasteiger partial charge in [0, 0.05) is 12.8 Å². The molecular formula is C22H33N5O7. The lowest BCUT2D eigenvalue weighted by atomic mass is 9.97. The van der Waals surface area contributed by atoms with E-state index in [-0.39, 0.29) is 37.5 Å². The molecule has 0 fully saturated rings. The number of carboxylic acid groups (broad SMARTS) is 1. The molecule has 1 aromatic rings. The second kappa shape index (κ2) is 13.8. The standard InChI is InChI=1S/C22H33N5O7/c1-3-12(2)19(27-18(30)11-23)21(32)26-16(10-13-4-6-14(28)7-5-13)20(31)25-15(22(33)34)8-9-17(24)29/h4-7,12,15-16,19,28H,3,8-11,23H2,1-2H3,(H2,24,29)(H,25,31)(H,26,32)(H,27,30)(H,33,34). The number of carboxylic acids is 1. The van der Waals surface area contributed by atoms with Crippen LogP contribution in [0.1, 0.15) is 38.7 Å². The molecule has 4 atom stereocenters. The van der Waals surface area contributed by atoms with Crippen LogP contribution >= 0.6 is 0 Å². The molecule has 0 aliphatic rings. The lowest BCUT2D eigenvalue weighted by molar-refractivity contribution is -0.142. The van der Waals surface area contributed by atoms with Gasteiger partial charge in [-0.3, -0.25) is 19.2 Å². The summed E-state index contributed by atoms with van der Waals surface area (Å²) in [4.78, 5) is 60.4. The van der Waals surface area contributed by atoms with Crippen LogP contribution in [-0.4, -0.2) is 64.5 Å². The maximum atomic E-state index is 13.0. The molecular weight excluding hydrogens is 446 g/mol. The highest BCUT2D eigenvalue weighted by atomic mass is 16.4. The molecule has 1 aromatic carbocycles. The Kier molecular flexibility index (Phi) is 11.5. The van der Waals surface area contributed by atoms with Crippen molar-refractivity contribution < 1.29 is 34.2 Å². The molecule has 12 heteroatoms. The Labute approximate surface area is 197 Å². The number of nitrogens with two attached hydrogens (primary N) is 2. The SMILES string of the molecule is CCC(C)C(NC(=O)CN)C(=O)NC(Cc1ccc(O)cc1)C(=O)NC(CCC(N)=O)C(=O)O. The fraction of sp³-hybridized carbons (Fsp3) is 0.500. The topological polar surface area (TPSA) is 214 Å². The van der Waals surface area contributed by atoms with Crippen LogP contribution in [0.15, 0.2) is 24.3 Å². The van der Waals surface area contributed by atoms with Crippen LogP contribution in [0, 0.1) is 5.92 Å². The van der Waals surface area contributed by atoms with Gasteiger partial charge in [0.05, 0.1) is 6.54 Å². The molecule has 12 nitrogen and oxygen atoms in total. The smallest absolute Gasteiger partial charge is 0.326 e. The first-order valence-corrected chi connectivity index (χ1v) is 10.9. The largest absolute Gasteiger partial charge is 0.508 e. The van der Waals surface area contributed by atoms with Gasteiger partial charge in [-0.05, 0) is 30.0 Å². The number of aliphatic carboxylic acids is 1. The lowest BCUT2D eigenvalue weighted by Gasteiger charge is -2.27. The first-order valence-electron chi connectivity index (χ1n) is 10.9. The first kappa shape index (κ1) is 28.4. The van der Waals surface area contributed by atoms with Crippen molar-refractivity contribution in [1.82, 2.24) is 16.0 Å². The quantitative estimate of drug-likeness (QED) is 0.171. The Morgan fingerprint density at radius 2 is 1.56 bits per heavy atom. The zero-order valence-corrected chi connectivity index (χ0v) is 19.2. The van der Waals surface area contributed by atoms with E-state index in [0.717, 1.165) is 0 Å². The zero-order valence-electron chi connectivity index (χ0n) is 19.2. The van der Waals surface area contributed by atoms with E-state index in [9.17, 15) is 34.2 Å². The third-order valence-corrected chi connectivity index (χ3v) is 5.30. The number of rotatable bonds is 14. The number of phenolic OH excluding ortho intramolecular Hbond substituents is 1. The minimum absolute atomic E-state index is 0.00696. The van der Waals surface area contributed by atoms with Gasteiger partial charge >= 0.3 is 5.97 Å². The van der Waals surface area contributed by atoms with Gasteiger partial charge in [-0.1, -0.05) is 32.4 Å². The van der Waals surface area contributed by atoms with Crippen molar-refractivity contribution in [1.29, 1.82) is 0 Å². The summed E-state index contributed by atoms with van der Waals surface area (Å²) < 4.78 is 0. The number of amides is 4. The minimum Gasteiger partial charge on any atom is -0.508 e. The number of phenols is 1. The van der Waals surface area contributed by atoms with Crippen molar-refractivity contribution in [2.75, 3.05) is 6.54 Å². The van der Waals surface area contributed by atoms with Crippen LogP contribution in [0.5, 0.6) is 5.75 Å². The molecule has 0 radical (unpaired) electrons. The third kappa shape index (κ3) is 9.45. The van der Waals surface area contributed by atoms with Crippen LogP contribution in [0.3, 0.4) is 0 Å². The molecule has 188 valence electrons. The molecule has 0 bridgehead atoms. The predicted molar refractivity (Wildman–Crippen MR) is 122 cm³/mol. The molecule has 1 rings (SSSR count). The van der Waals surface area contributed by atoms with Crippen LogP contribution < -0.4 is 27.4 Å². The Bertz CT molecular complexity index is 875. The van der Waals surface area contributed by atoms with Crippen LogP contribution in [-0.2, 0) is 30.4 Å². The lowest BCUT2D eigenvalue weighted by Crippen LogP contribution is -2.58. The molecule has 0 aromatic heterocycles. The molecule has 4 unspecified atom stereocenters. The van der Waals surface area contributed by atoms with E-state index in [1.54, 1.807) is 19.1 Å². The van der Waals surface area contributed by atoms with E-state index in [1.165, 1.54) is 12.1 Å². The van der Waals surface area contributed by atoms with Gasteiger partial charge in [-0.15, -0.1) is 0 Å². The molecule has 34 heavy (non-hydrogen) atoms. The fourth-order valence-corrected chi connectivity index (χ4v) is 3.09. The number of aromatic hydroxyl groups is 1. The highest BCUT2D eigenvalue weighted by Gasteiger charge is 2.31. The third-order valence-electron chi connectivity index (χ3n) is 5.30. The number of primary amides is 1. The Hall–Kier alpha value is -3.67. The van der Waals surface area contributed by atoms with Crippen molar-refractivity contribution in [2.24, 2.45) is 17.4 Å². The summed E-state index contributed by atoms with van der Waals surface area (Å²) in [5, 5.41) is 26.3. The average Bonchev–Trinajstić information content (AvgIpc) is 2.79. The monoisotopic (exact) mass is 479 g/mol. The van der Waals surface area contributed by atoms with E-state index in [0.29, 0.717) is 12.0 Å². The Morgan fingerprint density at radius 1 is 0.971 bits per heavy atom. The van der Waals surface area contributed by atoms with Gasteiger partial charge in [-0.25, -0.2) is 4.79 Å². The number of hydrogen-bond acceptors (Lipinski definition) is 7. The van der Waals surface area contributed by atoms with Crippen LogP contribution in [0.2, 0.25) is 0 Å². The predicted octanol–water partition coefficient (Wildman–Crippen LogP) is -1.26. The van der Waals surface area contributed by atoms with Crippen molar-refractivity contribution in [3.63, 3.8) is 0 Å². The van der Waals surface area contributed by atoms with Gasteiger partial charge in [0.2, 0.25) is 23.6 Å². The van der Waals surface area contributed by atoms with Crippen LogP contribution in [0.25, 0.3) is 0 Å². The van der Waals surface area contributed by atoms with Gasteiger partial charge in [0.15, 0.2) is 0 Å². The molecule has 9 N–H and O–H groups in total. The van der Waals surface area contributed by atoms with E-state index < -0.39 is 47.7 Å². The maximum Gasteiger partial charge on any atom is 0.326 e. The second-order valence-electron chi connectivity index (χ2n) is 7.97. The molecule has 0 aliphatic carbocycles. The summed E-state index contributed by atoms with van der Waals surface area (Å²) in [5.74, 6) is -4.34. The molecule has 0 heterocycles. The van der Waals surface area contributed by atoms with Crippen molar-refractivity contribution >= 4 is 29.6 Å². The first-order chi connectivity index (χ1) is 16.0. The number of benzene rings is 1. The summed E-state index contributed by atoms with van der Waals surface area (Å²) in [6, 6.07) is 2.32. The summed E-state index contributed by atoms with van der Waals surface area (Å²) in [5.41, 5.74) is 11.0. The normalized spacial score (nSPS) is 14.2. The van der Waals surface area contributed by atoms with Gasteiger partial charge in [0.1, 0.15) is 23.9 Å². The zero-order chi connectivity index (χ0) is 25.8. The van der Waals surface area contributed by atoms with Gasteiger partial charge in [-0.2, -0.15) is 0 Å². The molecule has 4 amide bonds. The maximum absolute atomic E-state index is 13.0. The van der Waals surface area contributed by atoms with Gasteiger partial charge < -0.3 is 37.6 Å². The van der Waals surface area contributed by atoms with Crippen molar-refractivity contribution in [2.45, 2.75) is 57.7 Å². The molecule has 0 spiro atoms. The molecule has 0 saturated heterocycles. The van der Waals surface area contributed by atoms with Crippen molar-refractivity contribution in [3.05, 3.63) is 29.8 Å². The van der Waals surface area contributed by atoms with E-state index in [1.807, 2.05) is 6.92 Å². The highest BCUT2D eigenvalue weighted by Crippen LogP contribution is 2.13. The minimum atomic E-state index is -1.40. The van der Waals surface area contributed by atoms with Gasteiger partial charge in [0.25, 0.3) is 0 Å². The highest BCUT2D eigenvalue weighted by molar-refractivity contribution is 5.94. The van der Waals surface area contributed by atoms with Crippen molar-refractivity contribution in [3.8, 4) is 5.75 Å². The number of hydrogen-bond donors (Lipinski definition) is 7. The van der Waals surface area contributed by atoms with E-state index >= 15 is 0 Å². The number of nitrogens with one attached hydrogen (secondary N) is 3. The average molecular weight is 480 g/mol. The summed E-state index contributed by atoms with van der Waals surface area (Å²) in [7, 11) is 0. The molecule has 0 aliphatic heterocycles. The summed E-state index contributed by atoms with van der Waals surface area (Å²) >= 11 is 0. The summed E-state index contributed by atoms with van der Waals surface area (Å²) in [6.45, 7) is 3.26. The fourth-order valence-electron chi connectivity index (χ4n) is 3.09.